The standard InChI is InChI=1S/C13H12O4/c1-7-4-3-5-9(14)11(7)10-6-8(2)12(17-10)13(15)16/h3-6,14H,1-2H3,(H,15,16). The van der Waals surface area contributed by atoms with Gasteiger partial charge in [-0.1, -0.05) is 12.1 Å². The van der Waals surface area contributed by atoms with Crippen LogP contribution < -0.4 is 0 Å². The van der Waals surface area contributed by atoms with Gasteiger partial charge in [-0.25, -0.2) is 4.79 Å². The van der Waals surface area contributed by atoms with Gasteiger partial charge in [0, 0.05) is 5.56 Å². The van der Waals surface area contributed by atoms with Crippen molar-refractivity contribution in [3.05, 3.63) is 41.2 Å². The Bertz CT molecular complexity index is 561. The van der Waals surface area contributed by atoms with E-state index in [1.54, 1.807) is 25.1 Å². The second kappa shape index (κ2) is 3.97. The quantitative estimate of drug-likeness (QED) is 0.835. The van der Waals surface area contributed by atoms with Gasteiger partial charge in [0.1, 0.15) is 11.5 Å². The molecule has 0 saturated heterocycles. The van der Waals surface area contributed by atoms with E-state index in [1.165, 1.54) is 0 Å². The topological polar surface area (TPSA) is 70.7 Å². The molecular formula is C13H12O4. The van der Waals surface area contributed by atoms with Crippen molar-refractivity contribution in [1.82, 2.24) is 0 Å². The van der Waals surface area contributed by atoms with Crippen LogP contribution in [-0.4, -0.2) is 16.2 Å². The van der Waals surface area contributed by atoms with Crippen LogP contribution in [-0.2, 0) is 0 Å². The number of phenols is 1. The minimum absolute atomic E-state index is 0.0793. The summed E-state index contributed by atoms with van der Waals surface area (Å²) in [5.74, 6) is -0.754. The second-order valence-corrected chi connectivity index (χ2v) is 3.90. The molecule has 2 N–H and O–H groups in total. The van der Waals surface area contributed by atoms with E-state index in [2.05, 4.69) is 0 Å². The number of carboxylic acid groups (broad SMARTS) is 1. The molecule has 0 saturated carbocycles. The minimum atomic E-state index is -1.11. The van der Waals surface area contributed by atoms with E-state index in [1.807, 2.05) is 13.0 Å². The smallest absolute Gasteiger partial charge is 0.372 e. The van der Waals surface area contributed by atoms with E-state index in [0.29, 0.717) is 16.9 Å². The summed E-state index contributed by atoms with van der Waals surface area (Å²) in [7, 11) is 0. The number of carbonyl (C=O) groups is 1. The second-order valence-electron chi connectivity index (χ2n) is 3.90. The van der Waals surface area contributed by atoms with Crippen LogP contribution in [0.4, 0.5) is 0 Å². The number of aryl methyl sites for hydroxylation is 2. The molecule has 0 bridgehead atoms. The lowest BCUT2D eigenvalue weighted by Gasteiger charge is -2.04. The minimum Gasteiger partial charge on any atom is -0.507 e. The molecule has 0 atom stereocenters. The van der Waals surface area contributed by atoms with Crippen molar-refractivity contribution in [1.29, 1.82) is 0 Å². The Balaban J connectivity index is 2.62. The molecular weight excluding hydrogens is 220 g/mol. The number of aromatic hydroxyl groups is 1. The van der Waals surface area contributed by atoms with E-state index in [4.69, 9.17) is 9.52 Å². The normalized spacial score (nSPS) is 10.5. The van der Waals surface area contributed by atoms with Gasteiger partial charge in [-0.05, 0) is 31.5 Å². The molecule has 0 unspecified atom stereocenters. The van der Waals surface area contributed by atoms with Gasteiger partial charge >= 0.3 is 5.97 Å². The van der Waals surface area contributed by atoms with Crippen molar-refractivity contribution >= 4 is 5.97 Å². The molecule has 17 heavy (non-hydrogen) atoms. The Kier molecular flexibility index (Phi) is 2.63. The fraction of sp³-hybridized carbons (Fsp3) is 0.154. The maximum atomic E-state index is 10.9. The number of hydrogen-bond acceptors (Lipinski definition) is 3. The Hall–Kier alpha value is -2.23. The summed E-state index contributed by atoms with van der Waals surface area (Å²) in [6, 6.07) is 6.71. The highest BCUT2D eigenvalue weighted by Crippen LogP contribution is 2.34. The van der Waals surface area contributed by atoms with E-state index in [-0.39, 0.29) is 11.5 Å². The van der Waals surface area contributed by atoms with Crippen LogP contribution in [0.15, 0.2) is 28.7 Å². The van der Waals surface area contributed by atoms with Crippen LogP contribution in [0.25, 0.3) is 11.3 Å². The lowest BCUT2D eigenvalue weighted by atomic mass is 10.1. The van der Waals surface area contributed by atoms with Gasteiger partial charge in [-0.15, -0.1) is 0 Å². The van der Waals surface area contributed by atoms with Gasteiger partial charge < -0.3 is 14.6 Å². The first-order valence-electron chi connectivity index (χ1n) is 5.13. The van der Waals surface area contributed by atoms with Gasteiger partial charge in [0.2, 0.25) is 5.76 Å². The third-order valence-corrected chi connectivity index (χ3v) is 2.61. The van der Waals surface area contributed by atoms with Crippen molar-refractivity contribution in [2.75, 3.05) is 0 Å². The SMILES string of the molecule is Cc1cc(-c2c(C)cccc2O)oc1C(=O)O. The Morgan fingerprint density at radius 1 is 1.24 bits per heavy atom. The maximum absolute atomic E-state index is 10.9. The van der Waals surface area contributed by atoms with Crippen LogP contribution in [0, 0.1) is 13.8 Å². The molecule has 4 nitrogen and oxygen atoms in total. The molecule has 1 heterocycles. The third kappa shape index (κ3) is 1.89. The first-order valence-corrected chi connectivity index (χ1v) is 5.13. The van der Waals surface area contributed by atoms with Crippen molar-refractivity contribution < 1.29 is 19.4 Å². The molecule has 4 heteroatoms. The molecule has 1 aromatic heterocycles. The first kappa shape index (κ1) is 11.3. The molecule has 2 aromatic rings. The largest absolute Gasteiger partial charge is 0.507 e. The van der Waals surface area contributed by atoms with Crippen molar-refractivity contribution in [3.8, 4) is 17.1 Å². The third-order valence-electron chi connectivity index (χ3n) is 2.61. The highest BCUT2D eigenvalue weighted by molar-refractivity contribution is 5.87. The van der Waals surface area contributed by atoms with E-state index < -0.39 is 5.97 Å². The fourth-order valence-corrected chi connectivity index (χ4v) is 1.79. The molecule has 1 aromatic carbocycles. The molecule has 2 rings (SSSR count). The number of phenolic OH excluding ortho intramolecular Hbond substituents is 1. The average molecular weight is 232 g/mol. The summed E-state index contributed by atoms with van der Waals surface area (Å²) in [5, 5.41) is 18.7. The summed E-state index contributed by atoms with van der Waals surface area (Å²) in [6.45, 7) is 3.49. The number of aromatic carboxylic acids is 1. The van der Waals surface area contributed by atoms with Crippen LogP contribution in [0.5, 0.6) is 5.75 Å². The lowest BCUT2D eigenvalue weighted by Crippen LogP contribution is -1.94. The van der Waals surface area contributed by atoms with Gasteiger partial charge in [-0.2, -0.15) is 0 Å². The van der Waals surface area contributed by atoms with Crippen LogP contribution in [0.3, 0.4) is 0 Å². The predicted molar refractivity (Wildman–Crippen MR) is 62.2 cm³/mol. The number of carboxylic acids is 1. The Morgan fingerprint density at radius 2 is 1.94 bits per heavy atom. The summed E-state index contributed by atoms with van der Waals surface area (Å²) in [5.41, 5.74) is 1.90. The zero-order valence-electron chi connectivity index (χ0n) is 9.52. The lowest BCUT2D eigenvalue weighted by molar-refractivity contribution is 0.0662. The summed E-state index contributed by atoms with van der Waals surface area (Å²) in [4.78, 5) is 10.9. The van der Waals surface area contributed by atoms with Gasteiger partial charge in [0.05, 0.1) is 5.56 Å². The van der Waals surface area contributed by atoms with E-state index >= 15 is 0 Å². The Labute approximate surface area is 98.1 Å². The Morgan fingerprint density at radius 3 is 2.47 bits per heavy atom. The van der Waals surface area contributed by atoms with Gasteiger partial charge in [-0.3, -0.25) is 0 Å². The molecule has 0 aliphatic rings. The van der Waals surface area contributed by atoms with E-state index in [0.717, 1.165) is 5.56 Å². The molecule has 0 aliphatic carbocycles. The molecule has 0 aliphatic heterocycles. The van der Waals surface area contributed by atoms with Crippen molar-refractivity contribution in [2.45, 2.75) is 13.8 Å². The summed E-state index contributed by atoms with van der Waals surface area (Å²) >= 11 is 0. The monoisotopic (exact) mass is 232 g/mol. The molecule has 0 fully saturated rings. The number of hydrogen-bond donors (Lipinski definition) is 2. The highest BCUT2D eigenvalue weighted by Gasteiger charge is 2.18. The summed E-state index contributed by atoms with van der Waals surface area (Å²) in [6.07, 6.45) is 0. The zero-order chi connectivity index (χ0) is 12.6. The number of furan rings is 1. The van der Waals surface area contributed by atoms with Crippen molar-refractivity contribution in [3.63, 3.8) is 0 Å². The van der Waals surface area contributed by atoms with Crippen LogP contribution in [0.2, 0.25) is 0 Å². The highest BCUT2D eigenvalue weighted by atomic mass is 16.4. The molecule has 0 spiro atoms. The van der Waals surface area contributed by atoms with Gasteiger partial charge in [0.25, 0.3) is 0 Å². The van der Waals surface area contributed by atoms with Crippen LogP contribution >= 0.6 is 0 Å². The number of rotatable bonds is 2. The number of benzene rings is 1. The van der Waals surface area contributed by atoms with Crippen LogP contribution in [0.1, 0.15) is 21.7 Å². The molecule has 0 radical (unpaired) electrons. The van der Waals surface area contributed by atoms with E-state index in [9.17, 15) is 9.90 Å². The first-order chi connectivity index (χ1) is 8.00. The van der Waals surface area contributed by atoms with Gasteiger partial charge in [0.15, 0.2) is 0 Å². The molecule has 0 amide bonds. The maximum Gasteiger partial charge on any atom is 0.372 e. The predicted octanol–water partition coefficient (Wildman–Crippen LogP) is 2.97. The zero-order valence-corrected chi connectivity index (χ0v) is 9.52. The summed E-state index contributed by atoms with van der Waals surface area (Å²) < 4.78 is 5.26. The van der Waals surface area contributed by atoms with Crippen molar-refractivity contribution in [2.24, 2.45) is 0 Å². The average Bonchev–Trinajstić information content (AvgIpc) is 2.60. The molecule has 88 valence electrons. The fourth-order valence-electron chi connectivity index (χ4n) is 1.79.